The molecule has 0 unspecified atom stereocenters. The Hall–Kier alpha value is -4.43. The Morgan fingerprint density at radius 1 is 0.796 bits per heavy atom. The van der Waals surface area contributed by atoms with Crippen LogP contribution in [0.25, 0.3) is 11.1 Å². The first-order valence-electron chi connectivity index (χ1n) is 14.7. The van der Waals surface area contributed by atoms with Crippen LogP contribution < -0.4 is 15.2 Å². The summed E-state index contributed by atoms with van der Waals surface area (Å²) >= 11 is 12.3. The fraction of sp³-hybridized carbons (Fsp3) is 0.114. The van der Waals surface area contributed by atoms with Crippen molar-refractivity contribution in [3.63, 3.8) is 0 Å². The first-order chi connectivity index (χ1) is 23.3. The van der Waals surface area contributed by atoms with Gasteiger partial charge in [-0.25, -0.2) is 22.0 Å². The van der Waals surface area contributed by atoms with Crippen molar-refractivity contribution >= 4 is 49.2 Å². The molecule has 0 radical (unpaired) electrons. The molecular formula is C35H31Cl2N3O7S2. The highest BCUT2D eigenvalue weighted by atomic mass is 35.5. The molecule has 0 aromatic heterocycles. The van der Waals surface area contributed by atoms with Crippen LogP contribution in [0, 0.1) is 0 Å². The SMILES string of the molecule is COc1ccc(S(N)(=O)=O)cc1C(=O)NCc1cccc(CN(Cc2ccc(-c3ccccc3)cc2)S(=O)(=O)c2cc(Cl)cc(Cl)c2O)c1. The highest BCUT2D eigenvalue weighted by Crippen LogP contribution is 2.37. The van der Waals surface area contributed by atoms with E-state index in [1.54, 1.807) is 24.3 Å². The standard InChI is InChI=1S/C35H31Cl2N3O7S2/c1-47-32-15-14-29(48(38,43)44)19-30(32)35(42)39-20-24-6-5-7-25(16-24)22-40(49(45,46)33-18-28(36)17-31(37)34(33)41)21-23-10-12-27(13-11-23)26-8-3-2-4-9-26/h2-19,41H,20-22H2,1H3,(H,39,42)(H2,38,43,44). The molecule has 0 saturated heterocycles. The van der Waals surface area contributed by atoms with Crippen molar-refractivity contribution in [1.82, 2.24) is 9.62 Å². The third-order valence-corrected chi connectivity index (χ3v) is 10.8. The number of carbonyl (C=O) groups excluding carboxylic acids is 1. The maximum Gasteiger partial charge on any atom is 0.255 e. The zero-order valence-electron chi connectivity index (χ0n) is 26.0. The van der Waals surface area contributed by atoms with Crippen LogP contribution in [0.2, 0.25) is 10.0 Å². The molecule has 0 saturated carbocycles. The van der Waals surface area contributed by atoms with Gasteiger partial charge in [-0.2, -0.15) is 4.31 Å². The Morgan fingerprint density at radius 3 is 2.12 bits per heavy atom. The van der Waals surface area contributed by atoms with E-state index < -0.39 is 36.6 Å². The van der Waals surface area contributed by atoms with Gasteiger partial charge >= 0.3 is 0 Å². The fourth-order valence-electron chi connectivity index (χ4n) is 5.10. The van der Waals surface area contributed by atoms with E-state index in [1.165, 1.54) is 29.6 Å². The van der Waals surface area contributed by atoms with Gasteiger partial charge in [0.15, 0.2) is 5.75 Å². The second kappa shape index (κ2) is 15.0. The normalized spacial score (nSPS) is 11.8. The molecule has 5 aromatic carbocycles. The van der Waals surface area contributed by atoms with Crippen LogP contribution in [0.3, 0.4) is 0 Å². The summed E-state index contributed by atoms with van der Waals surface area (Å²) in [6, 6.07) is 30.2. The number of phenolic OH excluding ortho intramolecular Hbond substituents is 1. The minimum Gasteiger partial charge on any atom is -0.505 e. The number of amides is 1. The quantitative estimate of drug-likeness (QED) is 0.135. The zero-order chi connectivity index (χ0) is 35.3. The molecule has 0 fully saturated rings. The lowest BCUT2D eigenvalue weighted by Crippen LogP contribution is -2.30. The average molecular weight is 741 g/mol. The number of nitrogens with one attached hydrogen (secondary N) is 1. The Kier molecular flexibility index (Phi) is 11.0. The number of nitrogens with two attached hydrogens (primary N) is 1. The van der Waals surface area contributed by atoms with Crippen molar-refractivity contribution in [3.8, 4) is 22.6 Å². The van der Waals surface area contributed by atoms with E-state index in [1.807, 2.05) is 54.6 Å². The van der Waals surface area contributed by atoms with Crippen molar-refractivity contribution in [2.24, 2.45) is 5.14 Å². The maximum absolute atomic E-state index is 14.1. The van der Waals surface area contributed by atoms with Crippen LogP contribution in [0.1, 0.15) is 27.0 Å². The molecule has 10 nitrogen and oxygen atoms in total. The summed E-state index contributed by atoms with van der Waals surface area (Å²) in [7, 11) is -7.08. The number of phenols is 1. The van der Waals surface area contributed by atoms with Gasteiger partial charge < -0.3 is 15.2 Å². The van der Waals surface area contributed by atoms with E-state index >= 15 is 0 Å². The topological polar surface area (TPSA) is 156 Å². The molecule has 49 heavy (non-hydrogen) atoms. The third kappa shape index (κ3) is 8.60. The van der Waals surface area contributed by atoms with Gasteiger partial charge in [-0.3, -0.25) is 4.79 Å². The number of hydrogen-bond acceptors (Lipinski definition) is 7. The molecule has 0 atom stereocenters. The van der Waals surface area contributed by atoms with E-state index in [4.69, 9.17) is 33.1 Å². The maximum atomic E-state index is 14.1. The van der Waals surface area contributed by atoms with Crippen LogP contribution in [-0.4, -0.2) is 39.3 Å². The summed E-state index contributed by atoms with van der Waals surface area (Å²) in [5.74, 6) is -1.07. The highest BCUT2D eigenvalue weighted by molar-refractivity contribution is 7.89. The van der Waals surface area contributed by atoms with Crippen LogP contribution in [0.4, 0.5) is 0 Å². The van der Waals surface area contributed by atoms with Gasteiger partial charge in [0.05, 0.1) is 22.6 Å². The summed E-state index contributed by atoms with van der Waals surface area (Å²) in [6.45, 7) is -0.145. The van der Waals surface area contributed by atoms with Gasteiger partial charge in [0.1, 0.15) is 10.6 Å². The fourth-order valence-corrected chi connectivity index (χ4v) is 7.80. The Morgan fingerprint density at radius 2 is 1.45 bits per heavy atom. The second-order valence-electron chi connectivity index (χ2n) is 11.0. The summed E-state index contributed by atoms with van der Waals surface area (Å²) < 4.78 is 58.3. The highest BCUT2D eigenvalue weighted by Gasteiger charge is 2.30. The van der Waals surface area contributed by atoms with E-state index in [9.17, 15) is 26.7 Å². The van der Waals surface area contributed by atoms with Crippen LogP contribution >= 0.6 is 23.2 Å². The summed E-state index contributed by atoms with van der Waals surface area (Å²) in [6.07, 6.45) is 0. The molecule has 0 aliphatic heterocycles. The van der Waals surface area contributed by atoms with Crippen molar-refractivity contribution in [1.29, 1.82) is 0 Å². The van der Waals surface area contributed by atoms with Crippen molar-refractivity contribution in [2.45, 2.75) is 29.4 Å². The molecule has 5 rings (SSSR count). The molecule has 0 bridgehead atoms. The summed E-state index contributed by atoms with van der Waals surface area (Å²) in [5, 5.41) is 18.5. The lowest BCUT2D eigenvalue weighted by atomic mass is 10.0. The molecule has 0 aliphatic rings. The minimum atomic E-state index is -4.36. The smallest absolute Gasteiger partial charge is 0.255 e. The van der Waals surface area contributed by atoms with Gasteiger partial charge in [-0.1, -0.05) is 102 Å². The predicted octanol–water partition coefficient (Wildman–Crippen LogP) is 6.34. The lowest BCUT2D eigenvalue weighted by molar-refractivity contribution is 0.0947. The number of rotatable bonds is 12. The van der Waals surface area contributed by atoms with Gasteiger partial charge in [0.2, 0.25) is 20.0 Å². The molecule has 0 aliphatic carbocycles. The van der Waals surface area contributed by atoms with Gasteiger partial charge in [0, 0.05) is 24.7 Å². The van der Waals surface area contributed by atoms with Crippen molar-refractivity contribution < 1.29 is 31.5 Å². The molecule has 14 heteroatoms. The molecule has 5 aromatic rings. The van der Waals surface area contributed by atoms with E-state index in [0.717, 1.165) is 23.3 Å². The number of carbonyl (C=O) groups is 1. The van der Waals surface area contributed by atoms with E-state index in [2.05, 4.69) is 5.32 Å². The summed E-state index contributed by atoms with van der Waals surface area (Å²) in [4.78, 5) is 12.4. The number of hydrogen-bond donors (Lipinski definition) is 3. The van der Waals surface area contributed by atoms with E-state index in [0.29, 0.717) is 16.7 Å². The van der Waals surface area contributed by atoms with Crippen LogP contribution in [0.15, 0.2) is 119 Å². The average Bonchev–Trinajstić information content (AvgIpc) is 3.08. The molecule has 254 valence electrons. The van der Waals surface area contributed by atoms with Crippen LogP contribution in [0.5, 0.6) is 11.5 Å². The molecular weight excluding hydrogens is 709 g/mol. The number of ether oxygens (including phenoxy) is 1. The van der Waals surface area contributed by atoms with Gasteiger partial charge in [-0.15, -0.1) is 0 Å². The Labute approximate surface area is 294 Å². The number of sulfonamides is 2. The van der Waals surface area contributed by atoms with Crippen LogP contribution in [-0.2, 0) is 39.7 Å². The number of methoxy groups -OCH3 is 1. The number of benzene rings is 5. The largest absolute Gasteiger partial charge is 0.505 e. The number of nitrogens with zero attached hydrogens (tertiary/aromatic N) is 1. The Balaban J connectivity index is 1.42. The summed E-state index contributed by atoms with van der Waals surface area (Å²) in [5.41, 5.74) is 3.84. The monoisotopic (exact) mass is 739 g/mol. The first-order valence-corrected chi connectivity index (χ1v) is 18.4. The molecule has 1 amide bonds. The van der Waals surface area contributed by atoms with Crippen molar-refractivity contribution in [3.05, 3.63) is 141 Å². The number of halogens is 2. The number of primary sulfonamides is 1. The minimum absolute atomic E-state index is 0.0216. The molecule has 4 N–H and O–H groups in total. The Bertz CT molecular complexity index is 2220. The third-order valence-electron chi connectivity index (χ3n) is 7.58. The van der Waals surface area contributed by atoms with Crippen molar-refractivity contribution in [2.75, 3.05) is 7.11 Å². The van der Waals surface area contributed by atoms with Gasteiger partial charge in [-0.05, 0) is 58.1 Å². The lowest BCUT2D eigenvalue weighted by Gasteiger charge is -2.24. The molecule has 0 spiro atoms. The number of aromatic hydroxyl groups is 1. The van der Waals surface area contributed by atoms with Gasteiger partial charge in [0.25, 0.3) is 5.91 Å². The zero-order valence-corrected chi connectivity index (χ0v) is 29.2. The first kappa shape index (κ1) is 35.9. The predicted molar refractivity (Wildman–Crippen MR) is 188 cm³/mol. The second-order valence-corrected chi connectivity index (χ2v) is 15.3. The van der Waals surface area contributed by atoms with E-state index in [-0.39, 0.29) is 45.9 Å². The molecule has 0 heterocycles.